The van der Waals surface area contributed by atoms with Gasteiger partial charge in [-0.25, -0.2) is 0 Å². The molecular formula is C23H33BrOSi. The predicted octanol–water partition coefficient (Wildman–Crippen LogP) is 7.85. The highest BCUT2D eigenvalue weighted by Gasteiger charge is 2.38. The lowest BCUT2D eigenvalue weighted by molar-refractivity contribution is 0.170. The first kappa shape index (κ1) is 21.4. The first-order chi connectivity index (χ1) is 12.1. The van der Waals surface area contributed by atoms with Gasteiger partial charge in [-0.05, 0) is 59.8 Å². The Bertz CT molecular complexity index is 684. The van der Waals surface area contributed by atoms with Gasteiger partial charge < -0.3 is 4.43 Å². The Hall–Kier alpha value is -0.903. The second-order valence-corrected chi connectivity index (χ2v) is 14.4. The third-order valence-electron chi connectivity index (χ3n) is 5.47. The maximum Gasteiger partial charge on any atom is 0.192 e. The van der Waals surface area contributed by atoms with E-state index in [1.807, 2.05) is 0 Å². The van der Waals surface area contributed by atoms with E-state index < -0.39 is 8.32 Å². The molecule has 0 aliphatic rings. The van der Waals surface area contributed by atoms with E-state index in [0.29, 0.717) is 6.10 Å². The number of rotatable bonds is 7. The zero-order valence-corrected chi connectivity index (χ0v) is 19.7. The fraction of sp³-hybridized carbons (Fsp3) is 0.478. The minimum Gasteiger partial charge on any atom is -0.414 e. The lowest BCUT2D eigenvalue weighted by Gasteiger charge is -2.39. The molecule has 0 N–H and O–H groups in total. The van der Waals surface area contributed by atoms with Crippen LogP contribution in [0.1, 0.15) is 46.1 Å². The molecule has 2 aromatic carbocycles. The number of hydrogen-bond acceptors (Lipinski definition) is 1. The molecule has 0 saturated carbocycles. The number of halogens is 1. The van der Waals surface area contributed by atoms with Crippen LogP contribution in [0.25, 0.3) is 11.1 Å². The van der Waals surface area contributed by atoms with Gasteiger partial charge in [-0.2, -0.15) is 0 Å². The topological polar surface area (TPSA) is 9.23 Å². The van der Waals surface area contributed by atoms with Crippen molar-refractivity contribution in [2.24, 2.45) is 0 Å². The van der Waals surface area contributed by atoms with E-state index in [4.69, 9.17) is 4.43 Å². The zero-order valence-electron chi connectivity index (χ0n) is 17.1. The Morgan fingerprint density at radius 1 is 0.923 bits per heavy atom. The molecule has 1 atom stereocenters. The van der Waals surface area contributed by atoms with Crippen LogP contribution in [-0.2, 0) is 10.8 Å². The molecule has 0 aliphatic heterocycles. The Balaban J connectivity index is 2.10. The van der Waals surface area contributed by atoms with Crippen LogP contribution in [-0.4, -0.2) is 14.4 Å². The molecule has 2 rings (SSSR count). The summed E-state index contributed by atoms with van der Waals surface area (Å²) < 4.78 is 7.82. The van der Waals surface area contributed by atoms with Crippen molar-refractivity contribution < 1.29 is 4.43 Å². The van der Waals surface area contributed by atoms with Gasteiger partial charge >= 0.3 is 0 Å². The molecule has 3 heteroatoms. The standard InChI is InChI=1S/C23H33BrOSi/c1-7-8-22(25-26(5,6)23(2,3)4)17-18-9-11-19(12-10-18)20-13-15-21(24)16-14-20/h9-16,22H,7-8,17H2,1-6H3/t22-/m0/s1. The smallest absolute Gasteiger partial charge is 0.192 e. The Kier molecular flexibility index (Phi) is 7.29. The van der Waals surface area contributed by atoms with Crippen LogP contribution in [0.4, 0.5) is 0 Å². The normalized spacial score (nSPS) is 13.7. The Morgan fingerprint density at radius 2 is 1.42 bits per heavy atom. The fourth-order valence-corrected chi connectivity index (χ4v) is 4.51. The summed E-state index contributed by atoms with van der Waals surface area (Å²) >= 11 is 3.50. The molecule has 0 aliphatic carbocycles. The lowest BCUT2D eigenvalue weighted by atomic mass is 10.0. The van der Waals surface area contributed by atoms with Gasteiger partial charge in [-0.15, -0.1) is 0 Å². The molecule has 26 heavy (non-hydrogen) atoms. The first-order valence-corrected chi connectivity index (χ1v) is 13.3. The van der Waals surface area contributed by atoms with Crippen LogP contribution < -0.4 is 0 Å². The maximum absolute atomic E-state index is 6.71. The van der Waals surface area contributed by atoms with Crippen LogP contribution in [0.2, 0.25) is 18.1 Å². The SMILES string of the molecule is CCC[C@@H](Cc1ccc(-c2ccc(Br)cc2)cc1)O[Si](C)(C)C(C)(C)C. The molecule has 0 radical (unpaired) electrons. The second-order valence-electron chi connectivity index (χ2n) is 8.70. The number of hydrogen-bond donors (Lipinski definition) is 0. The summed E-state index contributed by atoms with van der Waals surface area (Å²) in [7, 11) is -1.73. The zero-order chi connectivity index (χ0) is 19.4. The van der Waals surface area contributed by atoms with Gasteiger partial charge in [-0.3, -0.25) is 0 Å². The van der Waals surface area contributed by atoms with Crippen LogP contribution in [0.3, 0.4) is 0 Å². The molecular weight excluding hydrogens is 400 g/mol. The minimum atomic E-state index is -1.73. The summed E-state index contributed by atoms with van der Waals surface area (Å²) in [6, 6.07) is 17.5. The fourth-order valence-electron chi connectivity index (χ4n) is 2.86. The molecule has 1 nitrogen and oxygen atoms in total. The summed E-state index contributed by atoms with van der Waals surface area (Å²) in [6.07, 6.45) is 3.61. The van der Waals surface area contributed by atoms with Crippen molar-refractivity contribution in [3.63, 3.8) is 0 Å². The summed E-state index contributed by atoms with van der Waals surface area (Å²) in [6.45, 7) is 13.9. The van der Waals surface area contributed by atoms with Gasteiger partial charge in [0, 0.05) is 10.6 Å². The van der Waals surface area contributed by atoms with Crippen molar-refractivity contribution in [3.05, 3.63) is 58.6 Å². The molecule has 0 unspecified atom stereocenters. The summed E-state index contributed by atoms with van der Waals surface area (Å²) in [4.78, 5) is 0. The van der Waals surface area contributed by atoms with Crippen molar-refractivity contribution in [3.8, 4) is 11.1 Å². The third kappa shape index (κ3) is 5.80. The second kappa shape index (κ2) is 8.86. The van der Waals surface area contributed by atoms with E-state index >= 15 is 0 Å². The first-order valence-electron chi connectivity index (χ1n) is 9.65. The van der Waals surface area contributed by atoms with E-state index in [2.05, 4.69) is 105 Å². The number of benzene rings is 2. The van der Waals surface area contributed by atoms with Crippen molar-refractivity contribution in [1.82, 2.24) is 0 Å². The summed E-state index contributed by atoms with van der Waals surface area (Å²) in [5.74, 6) is 0. The Labute approximate surface area is 169 Å². The molecule has 0 spiro atoms. The summed E-state index contributed by atoms with van der Waals surface area (Å²) in [5.41, 5.74) is 3.88. The molecule has 142 valence electrons. The monoisotopic (exact) mass is 432 g/mol. The van der Waals surface area contributed by atoms with E-state index in [1.165, 1.54) is 16.7 Å². The van der Waals surface area contributed by atoms with Crippen molar-refractivity contribution in [1.29, 1.82) is 0 Å². The van der Waals surface area contributed by atoms with E-state index in [-0.39, 0.29) is 5.04 Å². The van der Waals surface area contributed by atoms with Crippen molar-refractivity contribution >= 4 is 24.2 Å². The molecule has 0 amide bonds. The molecule has 0 aromatic heterocycles. The van der Waals surface area contributed by atoms with Crippen LogP contribution in [0, 0.1) is 0 Å². The van der Waals surface area contributed by atoms with Gasteiger partial charge in [-0.1, -0.05) is 86.4 Å². The van der Waals surface area contributed by atoms with Gasteiger partial charge in [0.05, 0.1) is 0 Å². The van der Waals surface area contributed by atoms with Crippen LogP contribution >= 0.6 is 15.9 Å². The average molecular weight is 434 g/mol. The largest absolute Gasteiger partial charge is 0.414 e. The molecule has 0 bridgehead atoms. The van der Waals surface area contributed by atoms with Gasteiger partial charge in [0.2, 0.25) is 0 Å². The van der Waals surface area contributed by atoms with Crippen molar-refractivity contribution in [2.75, 3.05) is 0 Å². The highest BCUT2D eigenvalue weighted by molar-refractivity contribution is 9.10. The van der Waals surface area contributed by atoms with E-state index in [1.54, 1.807) is 0 Å². The third-order valence-corrected chi connectivity index (χ3v) is 10.5. The maximum atomic E-state index is 6.71. The molecule has 0 fully saturated rings. The highest BCUT2D eigenvalue weighted by atomic mass is 79.9. The van der Waals surface area contributed by atoms with Crippen LogP contribution in [0.5, 0.6) is 0 Å². The molecule has 2 aromatic rings. The van der Waals surface area contributed by atoms with Crippen LogP contribution in [0.15, 0.2) is 53.0 Å². The quantitative estimate of drug-likeness (QED) is 0.404. The highest BCUT2D eigenvalue weighted by Crippen LogP contribution is 2.38. The predicted molar refractivity (Wildman–Crippen MR) is 120 cm³/mol. The Morgan fingerprint density at radius 3 is 1.88 bits per heavy atom. The van der Waals surface area contributed by atoms with Crippen molar-refractivity contribution in [2.45, 2.75) is 71.2 Å². The minimum absolute atomic E-state index is 0.254. The average Bonchev–Trinajstić information content (AvgIpc) is 2.55. The van der Waals surface area contributed by atoms with Gasteiger partial charge in [0.15, 0.2) is 8.32 Å². The lowest BCUT2D eigenvalue weighted by Crippen LogP contribution is -2.44. The summed E-state index contributed by atoms with van der Waals surface area (Å²) in [5, 5.41) is 0.254. The van der Waals surface area contributed by atoms with E-state index in [0.717, 1.165) is 23.7 Å². The molecule has 0 heterocycles. The van der Waals surface area contributed by atoms with Gasteiger partial charge in [0.25, 0.3) is 0 Å². The van der Waals surface area contributed by atoms with E-state index in [9.17, 15) is 0 Å². The molecule has 0 saturated heterocycles. The van der Waals surface area contributed by atoms with Gasteiger partial charge in [0.1, 0.15) is 0 Å².